The van der Waals surface area contributed by atoms with Gasteiger partial charge in [0, 0.05) is 18.1 Å². The third-order valence-corrected chi connectivity index (χ3v) is 3.01. The zero-order valence-electron chi connectivity index (χ0n) is 7.65. The lowest BCUT2D eigenvalue weighted by Crippen LogP contribution is -2.42. The van der Waals surface area contributed by atoms with Crippen LogP contribution in [-0.4, -0.2) is 43.3 Å². The molecule has 1 aliphatic carbocycles. The summed E-state index contributed by atoms with van der Waals surface area (Å²) in [6.45, 7) is 2.05. The van der Waals surface area contributed by atoms with Crippen molar-refractivity contribution in [3.63, 3.8) is 0 Å². The van der Waals surface area contributed by atoms with Crippen LogP contribution in [0.3, 0.4) is 0 Å². The molecule has 0 amide bonds. The van der Waals surface area contributed by atoms with Gasteiger partial charge in [0.05, 0.1) is 0 Å². The molecule has 0 radical (unpaired) electrons. The summed E-state index contributed by atoms with van der Waals surface area (Å²) in [7, 11) is 2.12. The fraction of sp³-hybridized carbons (Fsp3) is 1.00. The number of alkyl halides is 1. The van der Waals surface area contributed by atoms with Crippen LogP contribution in [0.1, 0.15) is 19.3 Å². The number of rotatable bonds is 3. The largest absolute Gasteiger partial charge is 0.305 e. The first-order valence-corrected chi connectivity index (χ1v) is 4.76. The Morgan fingerprint density at radius 1 is 1.58 bits per heavy atom. The van der Waals surface area contributed by atoms with Crippen molar-refractivity contribution in [3.05, 3.63) is 0 Å². The Hall–Kier alpha value is -0.150. The fourth-order valence-electron chi connectivity index (χ4n) is 1.95. The van der Waals surface area contributed by atoms with Crippen molar-refractivity contribution < 1.29 is 4.39 Å². The molecule has 1 aliphatic heterocycles. The summed E-state index contributed by atoms with van der Waals surface area (Å²) in [6, 6.07) is 0.535. The Morgan fingerprint density at radius 3 is 2.75 bits per heavy atom. The molecule has 1 saturated heterocycles. The van der Waals surface area contributed by atoms with Gasteiger partial charge in [-0.15, -0.1) is 0 Å². The summed E-state index contributed by atoms with van der Waals surface area (Å²) in [5.74, 6) is 0. The molecular formula is C9H17FN2. The second-order valence-electron chi connectivity index (χ2n) is 4.31. The van der Waals surface area contributed by atoms with Gasteiger partial charge in [-0.3, -0.25) is 0 Å². The summed E-state index contributed by atoms with van der Waals surface area (Å²) in [5, 5.41) is 3.43. The first-order chi connectivity index (χ1) is 5.74. The summed E-state index contributed by atoms with van der Waals surface area (Å²) >= 11 is 0. The normalized spacial score (nSPS) is 34.0. The highest BCUT2D eigenvalue weighted by Gasteiger charge is 2.44. The molecule has 2 nitrogen and oxygen atoms in total. The molecule has 0 spiro atoms. The molecule has 0 aromatic carbocycles. The Morgan fingerprint density at radius 2 is 2.33 bits per heavy atom. The monoisotopic (exact) mass is 172 g/mol. The van der Waals surface area contributed by atoms with Gasteiger partial charge in [0.25, 0.3) is 0 Å². The zero-order chi connectivity index (χ0) is 8.60. The first-order valence-electron chi connectivity index (χ1n) is 4.76. The smallest absolute Gasteiger partial charge is 0.108 e. The van der Waals surface area contributed by atoms with E-state index < -0.39 is 0 Å². The second-order valence-corrected chi connectivity index (χ2v) is 4.31. The minimum Gasteiger partial charge on any atom is -0.305 e. The zero-order valence-corrected chi connectivity index (χ0v) is 7.65. The van der Waals surface area contributed by atoms with Gasteiger partial charge < -0.3 is 10.2 Å². The van der Waals surface area contributed by atoms with Gasteiger partial charge in [-0.05, 0) is 32.9 Å². The van der Waals surface area contributed by atoms with Gasteiger partial charge in [-0.2, -0.15) is 0 Å². The minimum absolute atomic E-state index is 0.101. The maximum atomic E-state index is 12.5. The van der Waals surface area contributed by atoms with Crippen LogP contribution in [0.4, 0.5) is 4.39 Å². The van der Waals surface area contributed by atoms with E-state index in [1.54, 1.807) is 0 Å². The lowest BCUT2D eigenvalue weighted by molar-refractivity contribution is 0.318. The third kappa shape index (κ3) is 1.62. The topological polar surface area (TPSA) is 15.3 Å². The molecule has 1 N–H and O–H groups in total. The molecule has 70 valence electrons. The second kappa shape index (κ2) is 2.96. The van der Waals surface area contributed by atoms with E-state index in [0.29, 0.717) is 6.04 Å². The Labute approximate surface area is 73.1 Å². The van der Waals surface area contributed by atoms with E-state index in [4.69, 9.17) is 0 Å². The van der Waals surface area contributed by atoms with Crippen molar-refractivity contribution in [2.75, 3.05) is 26.8 Å². The first kappa shape index (κ1) is 8.45. The third-order valence-electron chi connectivity index (χ3n) is 3.01. The van der Waals surface area contributed by atoms with Crippen molar-refractivity contribution in [2.45, 2.75) is 30.8 Å². The van der Waals surface area contributed by atoms with E-state index in [2.05, 4.69) is 17.3 Å². The highest BCUT2D eigenvalue weighted by Crippen LogP contribution is 2.36. The average molecular weight is 172 g/mol. The molecule has 2 fully saturated rings. The number of nitrogens with one attached hydrogen (secondary N) is 1. The van der Waals surface area contributed by atoms with Crippen LogP contribution >= 0.6 is 0 Å². The maximum Gasteiger partial charge on any atom is 0.108 e. The summed E-state index contributed by atoms with van der Waals surface area (Å²) in [4.78, 5) is 2.30. The van der Waals surface area contributed by atoms with Crippen molar-refractivity contribution in [1.82, 2.24) is 10.2 Å². The Kier molecular flexibility index (Phi) is 2.09. The number of nitrogens with zero attached hydrogens (tertiary/aromatic N) is 1. The molecule has 1 saturated carbocycles. The van der Waals surface area contributed by atoms with Crippen molar-refractivity contribution in [2.24, 2.45) is 0 Å². The number of likely N-dealkylation sites (N-methyl/N-ethyl adjacent to an activating group) is 1. The van der Waals surface area contributed by atoms with Gasteiger partial charge >= 0.3 is 0 Å². The van der Waals surface area contributed by atoms with Crippen LogP contribution in [0.15, 0.2) is 0 Å². The van der Waals surface area contributed by atoms with Crippen molar-refractivity contribution in [3.8, 4) is 0 Å². The number of halogens is 1. The minimum atomic E-state index is -0.187. The average Bonchev–Trinajstić information content (AvgIpc) is 2.71. The van der Waals surface area contributed by atoms with Crippen molar-refractivity contribution in [1.29, 1.82) is 0 Å². The molecule has 0 bridgehead atoms. The van der Waals surface area contributed by atoms with E-state index in [0.717, 1.165) is 25.9 Å². The standard InChI is InChI=1S/C9H17FN2/c1-12-5-2-8(6-12)11-9(7-10)3-4-9/h8,11H,2-7H2,1H3/t8-/m1/s1. The SMILES string of the molecule is CN1CC[C@@H](NC2(CF)CC2)C1. The molecule has 1 atom stereocenters. The molecule has 2 rings (SSSR count). The summed E-state index contributed by atoms with van der Waals surface area (Å²) < 4.78 is 12.5. The Bertz CT molecular complexity index is 168. The van der Waals surface area contributed by atoms with E-state index >= 15 is 0 Å². The van der Waals surface area contributed by atoms with E-state index in [1.807, 2.05) is 0 Å². The van der Waals surface area contributed by atoms with Crippen LogP contribution in [0, 0.1) is 0 Å². The molecule has 0 aromatic rings. The van der Waals surface area contributed by atoms with Crippen molar-refractivity contribution >= 4 is 0 Å². The van der Waals surface area contributed by atoms with Crippen LogP contribution in [0.25, 0.3) is 0 Å². The van der Waals surface area contributed by atoms with Gasteiger partial charge in [-0.1, -0.05) is 0 Å². The van der Waals surface area contributed by atoms with Crippen LogP contribution < -0.4 is 5.32 Å². The fourth-order valence-corrected chi connectivity index (χ4v) is 1.95. The van der Waals surface area contributed by atoms with Crippen LogP contribution in [0.5, 0.6) is 0 Å². The number of hydrogen-bond donors (Lipinski definition) is 1. The quantitative estimate of drug-likeness (QED) is 0.677. The lowest BCUT2D eigenvalue weighted by atomic mass is 10.2. The van der Waals surface area contributed by atoms with Gasteiger partial charge in [-0.25, -0.2) is 4.39 Å². The van der Waals surface area contributed by atoms with E-state index in [1.165, 1.54) is 6.42 Å². The molecule has 1 heterocycles. The van der Waals surface area contributed by atoms with E-state index in [9.17, 15) is 4.39 Å². The summed E-state index contributed by atoms with van der Waals surface area (Å²) in [5.41, 5.74) is -0.101. The van der Waals surface area contributed by atoms with Gasteiger partial charge in [0.1, 0.15) is 6.67 Å². The van der Waals surface area contributed by atoms with Gasteiger partial charge in [0.2, 0.25) is 0 Å². The number of likely N-dealkylation sites (tertiary alicyclic amines) is 1. The van der Waals surface area contributed by atoms with Crippen LogP contribution in [0.2, 0.25) is 0 Å². The molecule has 3 heteroatoms. The predicted molar refractivity (Wildman–Crippen MR) is 47.0 cm³/mol. The lowest BCUT2D eigenvalue weighted by Gasteiger charge is -2.19. The maximum absolute atomic E-state index is 12.5. The summed E-state index contributed by atoms with van der Waals surface area (Å²) in [6.07, 6.45) is 3.24. The van der Waals surface area contributed by atoms with Crippen LogP contribution in [-0.2, 0) is 0 Å². The number of hydrogen-bond acceptors (Lipinski definition) is 2. The molecular weight excluding hydrogens is 155 g/mol. The molecule has 12 heavy (non-hydrogen) atoms. The highest BCUT2D eigenvalue weighted by atomic mass is 19.1. The predicted octanol–water partition coefficient (Wildman–Crippen LogP) is 0.782. The molecule has 2 aliphatic rings. The van der Waals surface area contributed by atoms with Gasteiger partial charge in [0.15, 0.2) is 0 Å². The molecule has 0 unspecified atom stereocenters. The molecule has 0 aromatic heterocycles. The Balaban J connectivity index is 1.80. The highest BCUT2D eigenvalue weighted by molar-refractivity contribution is 5.04. The van der Waals surface area contributed by atoms with E-state index in [-0.39, 0.29) is 12.2 Å².